The van der Waals surface area contributed by atoms with Gasteiger partial charge in [0, 0.05) is 23.6 Å². The zero-order valence-corrected chi connectivity index (χ0v) is 18.1. The monoisotopic (exact) mass is 463 g/mol. The van der Waals surface area contributed by atoms with Crippen LogP contribution in [0.2, 0.25) is 0 Å². The molecule has 0 saturated carbocycles. The Hall–Kier alpha value is -3.34. The van der Waals surface area contributed by atoms with Gasteiger partial charge in [-0.1, -0.05) is 0 Å². The number of carbonyl (C=O) groups is 1. The van der Waals surface area contributed by atoms with Crippen molar-refractivity contribution in [2.45, 2.75) is 45.7 Å². The number of pyridine rings is 1. The first-order valence-corrected chi connectivity index (χ1v) is 10.3. The van der Waals surface area contributed by atoms with E-state index in [0.717, 1.165) is 23.8 Å². The number of alkyl halides is 3. The van der Waals surface area contributed by atoms with Gasteiger partial charge in [0.05, 0.1) is 35.5 Å². The molecule has 0 bridgehead atoms. The normalized spacial score (nSPS) is 16.6. The van der Waals surface area contributed by atoms with Crippen LogP contribution in [0.1, 0.15) is 65.8 Å². The third-order valence-electron chi connectivity index (χ3n) is 5.84. The summed E-state index contributed by atoms with van der Waals surface area (Å²) in [5.41, 5.74) is 6.62. The number of hydrogen-bond donors (Lipinski definition) is 1. The second-order valence-electron chi connectivity index (χ2n) is 7.80. The Morgan fingerprint density at radius 3 is 2.64 bits per heavy atom. The van der Waals surface area contributed by atoms with E-state index in [9.17, 15) is 22.4 Å². The number of ether oxygens (including phenoxy) is 1. The standard InChI is InChI=1S/C22H21F4N5O2/c1-4-31(10(2)16-5-6-18(30-29-16)22(24,25)26)21(32)13-7-12-14-9-33-11(3)19(14)20(27)28-17(12)8-15(13)23/h5-8,10-11H,4,9H2,1-3H3,(H2,27,28)/t10?,11-/m1/s1. The second-order valence-corrected chi connectivity index (χ2v) is 7.80. The fourth-order valence-electron chi connectivity index (χ4n) is 4.08. The van der Waals surface area contributed by atoms with Crippen LogP contribution in [0.15, 0.2) is 24.3 Å². The maximum atomic E-state index is 15.0. The number of carbonyl (C=O) groups excluding carboxylic acids is 1. The molecule has 33 heavy (non-hydrogen) atoms. The van der Waals surface area contributed by atoms with Crippen LogP contribution < -0.4 is 5.73 Å². The molecular formula is C22H21F4N5O2. The highest BCUT2D eigenvalue weighted by atomic mass is 19.4. The Kier molecular flexibility index (Phi) is 5.69. The van der Waals surface area contributed by atoms with Crippen LogP contribution in [0.3, 0.4) is 0 Å². The summed E-state index contributed by atoms with van der Waals surface area (Å²) in [4.78, 5) is 18.9. The fraction of sp³-hybridized carbons (Fsp3) is 0.364. The minimum atomic E-state index is -4.62. The molecule has 0 saturated heterocycles. The highest BCUT2D eigenvalue weighted by Crippen LogP contribution is 2.39. The molecule has 3 aromatic rings. The van der Waals surface area contributed by atoms with E-state index in [1.165, 1.54) is 11.0 Å². The predicted octanol–water partition coefficient (Wildman–Crippen LogP) is 4.58. The summed E-state index contributed by atoms with van der Waals surface area (Å²) in [6.07, 6.45) is -4.89. The number of hydrogen-bond acceptors (Lipinski definition) is 6. The summed E-state index contributed by atoms with van der Waals surface area (Å²) < 4.78 is 58.9. The molecular weight excluding hydrogens is 442 g/mol. The van der Waals surface area contributed by atoms with Crippen molar-refractivity contribution in [2.75, 3.05) is 12.3 Å². The summed E-state index contributed by atoms with van der Waals surface area (Å²) >= 11 is 0. The molecule has 1 aliphatic heterocycles. The fourth-order valence-corrected chi connectivity index (χ4v) is 4.08. The average molecular weight is 463 g/mol. The first-order chi connectivity index (χ1) is 15.5. The number of amides is 1. The van der Waals surface area contributed by atoms with Gasteiger partial charge >= 0.3 is 6.18 Å². The molecule has 0 fully saturated rings. The lowest BCUT2D eigenvalue weighted by Gasteiger charge is -2.28. The Morgan fingerprint density at radius 2 is 2.03 bits per heavy atom. The van der Waals surface area contributed by atoms with Crippen molar-refractivity contribution in [1.82, 2.24) is 20.1 Å². The number of benzene rings is 1. The second kappa shape index (κ2) is 8.22. The zero-order chi connectivity index (χ0) is 24.1. The van der Waals surface area contributed by atoms with E-state index in [1.807, 2.05) is 6.92 Å². The van der Waals surface area contributed by atoms with Crippen LogP contribution in [-0.4, -0.2) is 32.5 Å². The molecule has 3 heterocycles. The number of nitrogens with two attached hydrogens (primary N) is 1. The van der Waals surface area contributed by atoms with Crippen molar-refractivity contribution in [2.24, 2.45) is 0 Å². The maximum Gasteiger partial charge on any atom is 0.435 e. The van der Waals surface area contributed by atoms with Gasteiger partial charge in [-0.25, -0.2) is 9.37 Å². The Balaban J connectivity index is 1.72. The molecule has 1 aliphatic rings. The molecule has 2 aromatic heterocycles. The molecule has 1 amide bonds. The lowest BCUT2D eigenvalue weighted by molar-refractivity contribution is -0.141. The number of fused-ring (bicyclic) bond motifs is 3. The summed E-state index contributed by atoms with van der Waals surface area (Å²) in [7, 11) is 0. The van der Waals surface area contributed by atoms with Crippen LogP contribution in [0.25, 0.3) is 10.9 Å². The number of anilines is 1. The molecule has 2 atom stereocenters. The number of nitrogens with zero attached hydrogens (tertiary/aromatic N) is 4. The van der Waals surface area contributed by atoms with Gasteiger partial charge in [0.2, 0.25) is 0 Å². The Morgan fingerprint density at radius 1 is 1.30 bits per heavy atom. The van der Waals surface area contributed by atoms with E-state index in [4.69, 9.17) is 10.5 Å². The third kappa shape index (κ3) is 3.97. The number of aromatic nitrogens is 3. The first kappa shape index (κ1) is 22.8. The van der Waals surface area contributed by atoms with Gasteiger partial charge in [0.15, 0.2) is 5.69 Å². The average Bonchev–Trinajstić information content (AvgIpc) is 3.15. The topological polar surface area (TPSA) is 94.2 Å². The molecule has 0 spiro atoms. The summed E-state index contributed by atoms with van der Waals surface area (Å²) in [6.45, 7) is 5.52. The van der Waals surface area contributed by atoms with Crippen molar-refractivity contribution in [3.63, 3.8) is 0 Å². The minimum absolute atomic E-state index is 0.150. The van der Waals surface area contributed by atoms with E-state index in [0.29, 0.717) is 16.5 Å². The molecule has 11 heteroatoms. The van der Waals surface area contributed by atoms with Crippen LogP contribution in [0.5, 0.6) is 0 Å². The molecule has 2 N–H and O–H groups in total. The van der Waals surface area contributed by atoms with E-state index in [1.54, 1.807) is 13.8 Å². The van der Waals surface area contributed by atoms with Gasteiger partial charge in [0.25, 0.3) is 5.91 Å². The van der Waals surface area contributed by atoms with Crippen LogP contribution in [0, 0.1) is 5.82 Å². The molecule has 1 aromatic carbocycles. The van der Waals surface area contributed by atoms with E-state index in [2.05, 4.69) is 15.2 Å². The molecule has 0 aliphatic carbocycles. The predicted molar refractivity (Wildman–Crippen MR) is 111 cm³/mol. The largest absolute Gasteiger partial charge is 0.435 e. The quantitative estimate of drug-likeness (QED) is 0.570. The summed E-state index contributed by atoms with van der Waals surface area (Å²) in [6, 6.07) is 3.79. The van der Waals surface area contributed by atoms with Crippen molar-refractivity contribution >= 4 is 22.6 Å². The summed E-state index contributed by atoms with van der Waals surface area (Å²) in [5, 5.41) is 7.40. The number of nitrogen functional groups attached to an aromatic ring is 1. The first-order valence-electron chi connectivity index (χ1n) is 10.3. The minimum Gasteiger partial charge on any atom is -0.383 e. The molecule has 1 unspecified atom stereocenters. The Bertz CT molecular complexity index is 1230. The number of rotatable bonds is 4. The molecule has 174 valence electrons. The van der Waals surface area contributed by atoms with Gasteiger partial charge in [-0.05, 0) is 44.5 Å². The van der Waals surface area contributed by atoms with Crippen molar-refractivity contribution < 1.29 is 27.1 Å². The van der Waals surface area contributed by atoms with E-state index in [-0.39, 0.29) is 36.3 Å². The zero-order valence-electron chi connectivity index (χ0n) is 18.1. The van der Waals surface area contributed by atoms with Crippen molar-refractivity contribution in [3.05, 3.63) is 58.2 Å². The smallest absolute Gasteiger partial charge is 0.383 e. The number of halogens is 4. The maximum absolute atomic E-state index is 15.0. The van der Waals surface area contributed by atoms with Crippen LogP contribution >= 0.6 is 0 Å². The van der Waals surface area contributed by atoms with Crippen molar-refractivity contribution in [1.29, 1.82) is 0 Å². The Labute approximate surface area is 186 Å². The highest BCUT2D eigenvalue weighted by Gasteiger charge is 2.34. The van der Waals surface area contributed by atoms with Gasteiger partial charge in [-0.15, -0.1) is 5.10 Å². The third-order valence-corrected chi connectivity index (χ3v) is 5.84. The van der Waals surface area contributed by atoms with Gasteiger partial charge in [-0.2, -0.15) is 18.3 Å². The van der Waals surface area contributed by atoms with E-state index >= 15 is 0 Å². The van der Waals surface area contributed by atoms with Crippen molar-refractivity contribution in [3.8, 4) is 0 Å². The molecule has 0 radical (unpaired) electrons. The van der Waals surface area contributed by atoms with Gasteiger partial charge < -0.3 is 15.4 Å². The van der Waals surface area contributed by atoms with Gasteiger partial charge in [-0.3, -0.25) is 4.79 Å². The highest BCUT2D eigenvalue weighted by molar-refractivity contribution is 5.99. The summed E-state index contributed by atoms with van der Waals surface area (Å²) in [5.74, 6) is -1.16. The van der Waals surface area contributed by atoms with E-state index < -0.39 is 29.6 Å². The SMILES string of the molecule is CCN(C(=O)c1cc2c3c(c(N)nc2cc1F)[C@@H](C)OC3)C(C)c1ccc(C(F)(F)F)nn1. The lowest BCUT2D eigenvalue weighted by atomic mass is 9.99. The lowest BCUT2D eigenvalue weighted by Crippen LogP contribution is -2.34. The van der Waals surface area contributed by atoms with Crippen LogP contribution in [0.4, 0.5) is 23.4 Å². The van der Waals surface area contributed by atoms with Gasteiger partial charge in [0.1, 0.15) is 11.6 Å². The molecule has 4 rings (SSSR count). The molecule has 7 nitrogen and oxygen atoms in total. The van der Waals surface area contributed by atoms with Crippen LogP contribution in [-0.2, 0) is 17.5 Å².